The molecule has 1 N–H and O–H groups in total. The van der Waals surface area contributed by atoms with E-state index in [0.717, 1.165) is 22.4 Å². The SMILES string of the molecule is CNC(=O)C(Cc1ccccc1)N(Cc1cccc(C)c1)C(=O)CSCc1ccc(C)cc1. The molecular formula is C28H32N2O2S. The Morgan fingerprint density at radius 2 is 1.55 bits per heavy atom. The molecule has 3 aromatic carbocycles. The number of nitrogens with one attached hydrogen (secondary N) is 1. The molecule has 172 valence electrons. The summed E-state index contributed by atoms with van der Waals surface area (Å²) in [5.74, 6) is 0.900. The maximum absolute atomic E-state index is 13.5. The van der Waals surface area contributed by atoms with E-state index < -0.39 is 6.04 Å². The zero-order valence-corrected chi connectivity index (χ0v) is 20.4. The van der Waals surface area contributed by atoms with Crippen molar-refractivity contribution in [2.24, 2.45) is 0 Å². The van der Waals surface area contributed by atoms with E-state index in [2.05, 4.69) is 42.6 Å². The lowest BCUT2D eigenvalue weighted by molar-refractivity contribution is -0.139. The summed E-state index contributed by atoms with van der Waals surface area (Å²) in [6, 6.07) is 25.8. The van der Waals surface area contributed by atoms with Gasteiger partial charge in [0.25, 0.3) is 0 Å². The second-order valence-corrected chi connectivity index (χ2v) is 9.29. The van der Waals surface area contributed by atoms with Gasteiger partial charge in [-0.25, -0.2) is 0 Å². The van der Waals surface area contributed by atoms with Gasteiger partial charge in [-0.3, -0.25) is 9.59 Å². The monoisotopic (exact) mass is 460 g/mol. The normalized spacial score (nSPS) is 11.6. The molecule has 0 aliphatic rings. The Bertz CT molecular complexity index is 1050. The van der Waals surface area contributed by atoms with Crippen LogP contribution in [0.2, 0.25) is 0 Å². The molecule has 0 aliphatic carbocycles. The van der Waals surface area contributed by atoms with Gasteiger partial charge in [0.15, 0.2) is 0 Å². The highest BCUT2D eigenvalue weighted by Gasteiger charge is 2.29. The van der Waals surface area contributed by atoms with Crippen molar-refractivity contribution in [1.29, 1.82) is 0 Å². The number of hydrogen-bond donors (Lipinski definition) is 1. The highest BCUT2D eigenvalue weighted by atomic mass is 32.2. The number of amides is 2. The minimum atomic E-state index is -0.578. The first kappa shape index (κ1) is 24.6. The molecule has 33 heavy (non-hydrogen) atoms. The van der Waals surface area contributed by atoms with Gasteiger partial charge in [0.05, 0.1) is 5.75 Å². The third-order valence-corrected chi connectivity index (χ3v) is 6.56. The van der Waals surface area contributed by atoms with E-state index in [1.807, 2.05) is 55.5 Å². The lowest BCUT2D eigenvalue weighted by atomic mass is 10.0. The number of benzene rings is 3. The lowest BCUT2D eigenvalue weighted by Crippen LogP contribution is -2.50. The first-order valence-electron chi connectivity index (χ1n) is 11.2. The number of thioether (sulfide) groups is 1. The molecule has 0 aromatic heterocycles. The van der Waals surface area contributed by atoms with Gasteiger partial charge in [-0.15, -0.1) is 11.8 Å². The molecule has 1 atom stereocenters. The molecule has 3 rings (SSSR count). The van der Waals surface area contributed by atoms with Gasteiger partial charge in [-0.05, 0) is 30.5 Å². The van der Waals surface area contributed by atoms with Crippen molar-refractivity contribution in [3.63, 3.8) is 0 Å². The third-order valence-electron chi connectivity index (χ3n) is 5.57. The van der Waals surface area contributed by atoms with Crippen molar-refractivity contribution in [1.82, 2.24) is 10.2 Å². The van der Waals surface area contributed by atoms with Crippen molar-refractivity contribution in [3.8, 4) is 0 Å². The van der Waals surface area contributed by atoms with Crippen LogP contribution in [0.1, 0.15) is 27.8 Å². The summed E-state index contributed by atoms with van der Waals surface area (Å²) in [7, 11) is 1.63. The predicted molar refractivity (Wildman–Crippen MR) is 137 cm³/mol. The van der Waals surface area contributed by atoms with Crippen LogP contribution in [0.5, 0.6) is 0 Å². The van der Waals surface area contributed by atoms with Crippen LogP contribution in [0, 0.1) is 13.8 Å². The van der Waals surface area contributed by atoms with E-state index in [-0.39, 0.29) is 11.8 Å². The molecule has 0 saturated carbocycles. The summed E-state index contributed by atoms with van der Waals surface area (Å²) < 4.78 is 0. The van der Waals surface area contributed by atoms with Gasteiger partial charge in [-0.2, -0.15) is 0 Å². The van der Waals surface area contributed by atoms with Crippen LogP contribution in [-0.4, -0.2) is 35.6 Å². The summed E-state index contributed by atoms with van der Waals surface area (Å²) in [4.78, 5) is 28.1. The van der Waals surface area contributed by atoms with Gasteiger partial charge in [0.1, 0.15) is 6.04 Å². The summed E-state index contributed by atoms with van der Waals surface area (Å²) in [5.41, 5.74) is 5.59. The van der Waals surface area contributed by atoms with E-state index in [4.69, 9.17) is 0 Å². The number of nitrogens with zero attached hydrogens (tertiary/aromatic N) is 1. The fourth-order valence-corrected chi connectivity index (χ4v) is 4.62. The summed E-state index contributed by atoms with van der Waals surface area (Å²) in [5, 5.41) is 2.77. The molecule has 0 heterocycles. The van der Waals surface area contributed by atoms with E-state index in [1.165, 1.54) is 11.1 Å². The van der Waals surface area contributed by atoms with Gasteiger partial charge in [0.2, 0.25) is 11.8 Å². The summed E-state index contributed by atoms with van der Waals surface area (Å²) in [6.45, 7) is 4.50. The lowest BCUT2D eigenvalue weighted by Gasteiger charge is -2.31. The standard InChI is InChI=1S/C28H32N2O2S/c1-21-12-14-24(15-13-21)19-33-20-27(31)30(18-25-11-7-8-22(2)16-25)26(28(32)29-3)17-23-9-5-4-6-10-23/h4-16,26H,17-20H2,1-3H3,(H,29,32). The second-order valence-electron chi connectivity index (χ2n) is 8.31. The van der Waals surface area contributed by atoms with Crippen LogP contribution in [0.3, 0.4) is 0 Å². The van der Waals surface area contributed by atoms with Crippen molar-refractivity contribution < 1.29 is 9.59 Å². The molecule has 0 bridgehead atoms. The molecule has 2 amide bonds. The zero-order chi connectivity index (χ0) is 23.6. The van der Waals surface area contributed by atoms with Gasteiger partial charge >= 0.3 is 0 Å². The fourth-order valence-electron chi connectivity index (χ4n) is 3.75. The topological polar surface area (TPSA) is 49.4 Å². The zero-order valence-electron chi connectivity index (χ0n) is 19.6. The number of carbonyl (C=O) groups excluding carboxylic acids is 2. The van der Waals surface area contributed by atoms with Crippen LogP contribution in [-0.2, 0) is 28.3 Å². The molecule has 1 unspecified atom stereocenters. The van der Waals surface area contributed by atoms with Crippen molar-refractivity contribution in [2.75, 3.05) is 12.8 Å². The van der Waals surface area contributed by atoms with E-state index in [9.17, 15) is 9.59 Å². The predicted octanol–water partition coefficient (Wildman–Crippen LogP) is 4.92. The Kier molecular flexibility index (Phi) is 9.14. The average molecular weight is 461 g/mol. The molecule has 0 fully saturated rings. The van der Waals surface area contributed by atoms with E-state index in [1.54, 1.807) is 23.7 Å². The highest BCUT2D eigenvalue weighted by Crippen LogP contribution is 2.19. The fraction of sp³-hybridized carbons (Fsp3) is 0.286. The molecule has 0 aliphatic heterocycles. The highest BCUT2D eigenvalue weighted by molar-refractivity contribution is 7.99. The van der Waals surface area contributed by atoms with Gasteiger partial charge in [-0.1, -0.05) is 90.0 Å². The van der Waals surface area contributed by atoms with Crippen LogP contribution < -0.4 is 5.32 Å². The second kappa shape index (κ2) is 12.3. The maximum Gasteiger partial charge on any atom is 0.242 e. The Balaban J connectivity index is 1.80. The Hall–Kier alpha value is -3.05. The molecule has 5 heteroatoms. The number of hydrogen-bond acceptors (Lipinski definition) is 3. The Labute approximate surface area is 201 Å². The van der Waals surface area contributed by atoms with Gasteiger partial charge in [0, 0.05) is 25.8 Å². The average Bonchev–Trinajstić information content (AvgIpc) is 2.82. The molecule has 0 radical (unpaired) electrons. The third kappa shape index (κ3) is 7.50. The molecule has 0 saturated heterocycles. The minimum absolute atomic E-state index is 0.0295. The van der Waals surface area contributed by atoms with Crippen molar-refractivity contribution in [3.05, 3.63) is 107 Å². The van der Waals surface area contributed by atoms with E-state index >= 15 is 0 Å². The number of likely N-dealkylation sites (N-methyl/N-ethyl adjacent to an activating group) is 1. The smallest absolute Gasteiger partial charge is 0.242 e. The Morgan fingerprint density at radius 1 is 0.848 bits per heavy atom. The number of aryl methyl sites for hydroxylation is 2. The van der Waals surface area contributed by atoms with Crippen molar-refractivity contribution in [2.45, 2.75) is 38.6 Å². The first-order chi connectivity index (χ1) is 16.0. The first-order valence-corrected chi connectivity index (χ1v) is 12.4. The molecule has 0 spiro atoms. The van der Waals surface area contributed by atoms with Gasteiger partial charge < -0.3 is 10.2 Å². The molecule has 4 nitrogen and oxygen atoms in total. The van der Waals surface area contributed by atoms with E-state index in [0.29, 0.717) is 18.7 Å². The summed E-state index contributed by atoms with van der Waals surface area (Å²) in [6.07, 6.45) is 0.473. The van der Waals surface area contributed by atoms with Crippen molar-refractivity contribution >= 4 is 23.6 Å². The maximum atomic E-state index is 13.5. The van der Waals surface area contributed by atoms with Crippen LogP contribution in [0.15, 0.2) is 78.9 Å². The van der Waals surface area contributed by atoms with Crippen LogP contribution in [0.4, 0.5) is 0 Å². The number of rotatable bonds is 10. The van der Waals surface area contributed by atoms with Crippen LogP contribution >= 0.6 is 11.8 Å². The number of carbonyl (C=O) groups is 2. The quantitative estimate of drug-likeness (QED) is 0.467. The minimum Gasteiger partial charge on any atom is -0.357 e. The molecule has 3 aromatic rings. The summed E-state index contributed by atoms with van der Waals surface area (Å²) >= 11 is 1.58. The van der Waals surface area contributed by atoms with Crippen LogP contribution in [0.25, 0.3) is 0 Å². The molecular weight excluding hydrogens is 428 g/mol. The Morgan fingerprint density at radius 3 is 2.21 bits per heavy atom. The largest absolute Gasteiger partial charge is 0.357 e.